The molecule has 0 saturated heterocycles. The van der Waals surface area contributed by atoms with Crippen LogP contribution in [0, 0.1) is 5.82 Å². The van der Waals surface area contributed by atoms with Crippen LogP contribution in [0.5, 0.6) is 0 Å². The number of H-pyrrole nitrogens is 1. The zero-order valence-electron chi connectivity index (χ0n) is 6.84. The third kappa shape index (κ3) is 1.15. The minimum atomic E-state index is -1.20. The van der Waals surface area contributed by atoms with Gasteiger partial charge in [-0.3, -0.25) is 0 Å². The highest BCUT2D eigenvalue weighted by Gasteiger charge is 2.17. The average Bonchev–Trinajstić information content (AvgIpc) is 2.45. The summed E-state index contributed by atoms with van der Waals surface area (Å²) in [5, 5.41) is 8.74. The molecule has 0 saturated carbocycles. The molecule has 1 aromatic carbocycles. The number of nitrogens with one attached hydrogen (secondary N) is 1. The summed E-state index contributed by atoms with van der Waals surface area (Å²) in [5.74, 6) is -1.73. The summed E-state index contributed by atoms with van der Waals surface area (Å²) in [6, 6.07) is 4.28. The monoisotopic (exact) mass is 213 g/mol. The molecule has 2 aromatic rings. The quantitative estimate of drug-likeness (QED) is 0.765. The molecule has 14 heavy (non-hydrogen) atoms. The van der Waals surface area contributed by atoms with E-state index in [9.17, 15) is 9.18 Å². The molecule has 72 valence electrons. The highest BCUT2D eigenvalue weighted by Crippen LogP contribution is 2.29. The summed E-state index contributed by atoms with van der Waals surface area (Å²) in [6.45, 7) is 0. The van der Waals surface area contributed by atoms with Crippen molar-refractivity contribution in [3.8, 4) is 0 Å². The highest BCUT2D eigenvalue weighted by atomic mass is 35.5. The zero-order chi connectivity index (χ0) is 10.3. The smallest absolute Gasteiger partial charge is 0.353 e. The lowest BCUT2D eigenvalue weighted by atomic mass is 10.2. The van der Waals surface area contributed by atoms with Gasteiger partial charge in [-0.05, 0) is 12.1 Å². The largest absolute Gasteiger partial charge is 0.477 e. The molecule has 0 spiro atoms. The SMILES string of the molecule is O=C(O)c1[nH]c2cccc(F)c2c1Cl. The molecule has 1 heterocycles. The second-order valence-electron chi connectivity index (χ2n) is 2.78. The fourth-order valence-electron chi connectivity index (χ4n) is 1.31. The van der Waals surface area contributed by atoms with E-state index in [4.69, 9.17) is 16.7 Å². The average molecular weight is 214 g/mol. The molecule has 2 N–H and O–H groups in total. The van der Waals surface area contributed by atoms with Crippen molar-refractivity contribution in [2.24, 2.45) is 0 Å². The number of carbonyl (C=O) groups is 1. The molecule has 0 amide bonds. The molecule has 3 nitrogen and oxygen atoms in total. The molecule has 0 radical (unpaired) electrons. The first-order valence-corrected chi connectivity index (χ1v) is 4.18. The van der Waals surface area contributed by atoms with E-state index in [2.05, 4.69) is 4.98 Å². The number of aromatic nitrogens is 1. The summed E-state index contributed by atoms with van der Waals surface area (Å²) in [5.41, 5.74) is 0.194. The third-order valence-corrected chi connectivity index (χ3v) is 2.30. The van der Waals surface area contributed by atoms with Gasteiger partial charge in [0.25, 0.3) is 0 Å². The van der Waals surface area contributed by atoms with Gasteiger partial charge in [0.05, 0.1) is 15.9 Å². The van der Waals surface area contributed by atoms with E-state index in [0.717, 1.165) is 0 Å². The summed E-state index contributed by atoms with van der Waals surface area (Å²) in [7, 11) is 0. The van der Waals surface area contributed by atoms with Crippen molar-refractivity contribution in [1.82, 2.24) is 4.98 Å². The maximum atomic E-state index is 13.2. The van der Waals surface area contributed by atoms with Gasteiger partial charge in [-0.2, -0.15) is 0 Å². The predicted molar refractivity (Wildman–Crippen MR) is 50.2 cm³/mol. The highest BCUT2D eigenvalue weighted by molar-refractivity contribution is 6.38. The van der Waals surface area contributed by atoms with Gasteiger partial charge < -0.3 is 10.1 Å². The lowest BCUT2D eigenvalue weighted by Gasteiger charge is -1.91. The maximum Gasteiger partial charge on any atom is 0.353 e. The molecule has 0 atom stereocenters. The Morgan fingerprint density at radius 2 is 2.21 bits per heavy atom. The number of benzene rings is 1. The van der Waals surface area contributed by atoms with E-state index in [0.29, 0.717) is 5.52 Å². The van der Waals surface area contributed by atoms with Gasteiger partial charge in [-0.15, -0.1) is 0 Å². The van der Waals surface area contributed by atoms with Crippen LogP contribution >= 0.6 is 11.6 Å². The molecule has 0 aliphatic rings. The first-order valence-electron chi connectivity index (χ1n) is 3.80. The molecular formula is C9H5ClFNO2. The van der Waals surface area contributed by atoms with Crippen molar-refractivity contribution in [2.75, 3.05) is 0 Å². The summed E-state index contributed by atoms with van der Waals surface area (Å²) >= 11 is 5.71. The number of fused-ring (bicyclic) bond motifs is 1. The van der Waals surface area contributed by atoms with Gasteiger partial charge >= 0.3 is 5.97 Å². The molecule has 5 heteroatoms. The molecule has 2 rings (SSSR count). The van der Waals surface area contributed by atoms with E-state index in [-0.39, 0.29) is 16.1 Å². The second kappa shape index (κ2) is 2.99. The van der Waals surface area contributed by atoms with Crippen LogP contribution in [0.2, 0.25) is 5.02 Å². The van der Waals surface area contributed by atoms with Crippen molar-refractivity contribution in [2.45, 2.75) is 0 Å². The van der Waals surface area contributed by atoms with E-state index >= 15 is 0 Å². The second-order valence-corrected chi connectivity index (χ2v) is 3.16. The maximum absolute atomic E-state index is 13.2. The first kappa shape index (κ1) is 9.02. The molecule has 0 unspecified atom stereocenters. The van der Waals surface area contributed by atoms with E-state index in [1.807, 2.05) is 0 Å². The third-order valence-electron chi connectivity index (χ3n) is 1.93. The molecule has 0 fully saturated rings. The van der Waals surface area contributed by atoms with Gasteiger partial charge in [0.15, 0.2) is 0 Å². The summed E-state index contributed by atoms with van der Waals surface area (Å²) in [4.78, 5) is 13.2. The lowest BCUT2D eigenvalue weighted by molar-refractivity contribution is 0.0692. The topological polar surface area (TPSA) is 53.1 Å². The van der Waals surface area contributed by atoms with Crippen molar-refractivity contribution in [3.05, 3.63) is 34.7 Å². The number of carboxylic acid groups (broad SMARTS) is 1. The molecular weight excluding hydrogens is 209 g/mol. The van der Waals surface area contributed by atoms with E-state index < -0.39 is 11.8 Å². The number of halogens is 2. The number of rotatable bonds is 1. The van der Waals surface area contributed by atoms with Crippen molar-refractivity contribution >= 4 is 28.5 Å². The Balaban J connectivity index is 2.87. The summed E-state index contributed by atoms with van der Waals surface area (Å²) in [6.07, 6.45) is 0. The van der Waals surface area contributed by atoms with Crippen LogP contribution in [0.4, 0.5) is 4.39 Å². The molecule has 0 aliphatic heterocycles. The normalized spacial score (nSPS) is 10.7. The number of aromatic amines is 1. The minimum Gasteiger partial charge on any atom is -0.477 e. The molecule has 0 aliphatic carbocycles. The van der Waals surface area contributed by atoms with E-state index in [1.54, 1.807) is 6.07 Å². The van der Waals surface area contributed by atoms with E-state index in [1.165, 1.54) is 12.1 Å². The molecule has 1 aromatic heterocycles. The Bertz CT molecular complexity index is 521. The summed E-state index contributed by atoms with van der Waals surface area (Å²) < 4.78 is 13.2. The Morgan fingerprint density at radius 3 is 2.79 bits per heavy atom. The van der Waals surface area contributed by atoms with Crippen LogP contribution in [0.1, 0.15) is 10.5 Å². The fourth-order valence-corrected chi connectivity index (χ4v) is 1.63. The first-order chi connectivity index (χ1) is 6.61. The number of aromatic carboxylic acids is 1. The Labute approximate surface area is 83.1 Å². The molecule has 0 bridgehead atoms. The van der Waals surface area contributed by atoms with Crippen LogP contribution in [-0.4, -0.2) is 16.1 Å². The standard InChI is InChI=1S/C9H5ClFNO2/c10-7-6-4(11)2-1-3-5(6)12-8(7)9(13)14/h1-3,12H,(H,13,14). The number of hydrogen-bond acceptors (Lipinski definition) is 1. The van der Waals surface area contributed by atoms with Crippen LogP contribution in [0.15, 0.2) is 18.2 Å². The Morgan fingerprint density at radius 1 is 1.50 bits per heavy atom. The van der Waals surface area contributed by atoms with Gasteiger partial charge in [0, 0.05) is 0 Å². The minimum absolute atomic E-state index is 0.0920. The van der Waals surface area contributed by atoms with Crippen LogP contribution in [0.3, 0.4) is 0 Å². The fraction of sp³-hybridized carbons (Fsp3) is 0. The zero-order valence-corrected chi connectivity index (χ0v) is 7.60. The van der Waals surface area contributed by atoms with Crippen molar-refractivity contribution in [1.29, 1.82) is 0 Å². The van der Waals surface area contributed by atoms with Crippen molar-refractivity contribution < 1.29 is 14.3 Å². The number of hydrogen-bond donors (Lipinski definition) is 2. The van der Waals surface area contributed by atoms with Gasteiger partial charge in [-0.25, -0.2) is 9.18 Å². The van der Waals surface area contributed by atoms with Gasteiger partial charge in [-0.1, -0.05) is 17.7 Å². The number of carboxylic acids is 1. The van der Waals surface area contributed by atoms with Crippen molar-refractivity contribution in [3.63, 3.8) is 0 Å². The Kier molecular flexibility index (Phi) is 1.93. The van der Waals surface area contributed by atoms with Crippen LogP contribution < -0.4 is 0 Å². The van der Waals surface area contributed by atoms with Crippen LogP contribution in [0.25, 0.3) is 10.9 Å². The van der Waals surface area contributed by atoms with Gasteiger partial charge in [0.2, 0.25) is 0 Å². The van der Waals surface area contributed by atoms with Gasteiger partial charge in [0.1, 0.15) is 11.5 Å². The van der Waals surface area contributed by atoms with Crippen LogP contribution in [-0.2, 0) is 0 Å². The Hall–Kier alpha value is -1.55. The predicted octanol–water partition coefficient (Wildman–Crippen LogP) is 2.66. The lowest BCUT2D eigenvalue weighted by Crippen LogP contribution is -1.96.